The Morgan fingerprint density at radius 1 is 1.20 bits per heavy atom. The molecular weight excluding hydrogens is 252 g/mol. The van der Waals surface area contributed by atoms with E-state index in [1.807, 2.05) is 26.2 Å². The van der Waals surface area contributed by atoms with Gasteiger partial charge < -0.3 is 19.7 Å². The van der Waals surface area contributed by atoms with Gasteiger partial charge in [-0.2, -0.15) is 0 Å². The first kappa shape index (κ1) is 16.7. The summed E-state index contributed by atoms with van der Waals surface area (Å²) in [5, 5.41) is 3.36. The van der Waals surface area contributed by atoms with E-state index in [-0.39, 0.29) is 0 Å². The summed E-state index contributed by atoms with van der Waals surface area (Å²) >= 11 is 0. The van der Waals surface area contributed by atoms with Gasteiger partial charge >= 0.3 is 0 Å². The molecule has 0 radical (unpaired) electrons. The van der Waals surface area contributed by atoms with Gasteiger partial charge in [0, 0.05) is 19.6 Å². The molecule has 1 N–H and O–H groups in total. The van der Waals surface area contributed by atoms with Crippen LogP contribution in [0.25, 0.3) is 0 Å². The summed E-state index contributed by atoms with van der Waals surface area (Å²) in [7, 11) is 4.09. The van der Waals surface area contributed by atoms with Crippen LogP contribution in [0.15, 0.2) is 36.9 Å². The third kappa shape index (κ3) is 7.94. The minimum Gasteiger partial charge on any atom is -0.490 e. The maximum Gasteiger partial charge on any atom is 0.119 e. The zero-order chi connectivity index (χ0) is 14.6. The molecule has 4 nitrogen and oxygen atoms in total. The Kier molecular flexibility index (Phi) is 8.71. The van der Waals surface area contributed by atoms with E-state index in [4.69, 9.17) is 9.47 Å². The third-order valence-corrected chi connectivity index (χ3v) is 2.73. The number of hydrogen-bond donors (Lipinski definition) is 1. The molecule has 0 bridgehead atoms. The summed E-state index contributed by atoms with van der Waals surface area (Å²) in [4.78, 5) is 2.11. The van der Waals surface area contributed by atoms with Crippen LogP contribution in [0, 0.1) is 0 Å². The molecule has 0 saturated heterocycles. The zero-order valence-electron chi connectivity index (χ0n) is 12.6. The average Bonchev–Trinajstić information content (AvgIpc) is 2.45. The quantitative estimate of drug-likeness (QED) is 0.495. The second-order valence-electron chi connectivity index (χ2n) is 4.84. The highest BCUT2D eigenvalue weighted by atomic mass is 16.5. The van der Waals surface area contributed by atoms with E-state index >= 15 is 0 Å². The third-order valence-electron chi connectivity index (χ3n) is 2.73. The number of likely N-dealkylation sites (N-methyl/N-ethyl adjacent to an activating group) is 1. The SMILES string of the molecule is C=CCOc1ccc(CNCCOCCN(C)C)cc1. The Morgan fingerprint density at radius 2 is 1.95 bits per heavy atom. The topological polar surface area (TPSA) is 33.7 Å². The number of nitrogens with zero attached hydrogens (tertiary/aromatic N) is 1. The maximum absolute atomic E-state index is 5.51. The standard InChI is InChI=1S/C16H26N2O2/c1-4-11-20-16-7-5-15(6-8-16)14-17-9-12-19-13-10-18(2)3/h4-8,17H,1,9-14H2,2-3H3. The molecule has 0 amide bonds. The minimum atomic E-state index is 0.544. The lowest BCUT2D eigenvalue weighted by atomic mass is 10.2. The Bertz CT molecular complexity index is 363. The van der Waals surface area contributed by atoms with E-state index in [9.17, 15) is 0 Å². The molecular formula is C16H26N2O2. The number of hydrogen-bond acceptors (Lipinski definition) is 4. The van der Waals surface area contributed by atoms with Crippen molar-refractivity contribution in [3.63, 3.8) is 0 Å². The predicted molar refractivity (Wildman–Crippen MR) is 83.2 cm³/mol. The Morgan fingerprint density at radius 3 is 2.60 bits per heavy atom. The molecule has 0 heterocycles. The lowest BCUT2D eigenvalue weighted by Gasteiger charge is -2.10. The van der Waals surface area contributed by atoms with Crippen LogP contribution >= 0.6 is 0 Å². The largest absolute Gasteiger partial charge is 0.490 e. The van der Waals surface area contributed by atoms with Crippen LogP contribution in [-0.4, -0.2) is 51.9 Å². The van der Waals surface area contributed by atoms with Crippen LogP contribution in [0.4, 0.5) is 0 Å². The molecule has 20 heavy (non-hydrogen) atoms. The van der Waals surface area contributed by atoms with Crippen molar-refractivity contribution in [1.29, 1.82) is 0 Å². The van der Waals surface area contributed by atoms with Gasteiger partial charge in [-0.3, -0.25) is 0 Å². The van der Waals surface area contributed by atoms with Crippen molar-refractivity contribution in [3.8, 4) is 5.75 Å². The smallest absolute Gasteiger partial charge is 0.119 e. The molecule has 1 aromatic rings. The second kappa shape index (κ2) is 10.4. The van der Waals surface area contributed by atoms with Crippen molar-refractivity contribution >= 4 is 0 Å². The van der Waals surface area contributed by atoms with Gasteiger partial charge in [-0.05, 0) is 31.8 Å². The van der Waals surface area contributed by atoms with Gasteiger partial charge in [0.15, 0.2) is 0 Å². The fraction of sp³-hybridized carbons (Fsp3) is 0.500. The first-order valence-electron chi connectivity index (χ1n) is 6.98. The molecule has 0 aromatic heterocycles. The van der Waals surface area contributed by atoms with Gasteiger partial charge in [-0.1, -0.05) is 24.8 Å². The fourth-order valence-electron chi connectivity index (χ4n) is 1.58. The van der Waals surface area contributed by atoms with Crippen molar-refractivity contribution in [2.75, 3.05) is 47.0 Å². The number of ether oxygens (including phenoxy) is 2. The van der Waals surface area contributed by atoms with Crippen LogP contribution in [0.1, 0.15) is 5.56 Å². The highest BCUT2D eigenvalue weighted by molar-refractivity contribution is 5.27. The van der Waals surface area contributed by atoms with Crippen molar-refractivity contribution in [3.05, 3.63) is 42.5 Å². The summed E-state index contributed by atoms with van der Waals surface area (Å²) < 4.78 is 10.9. The van der Waals surface area contributed by atoms with Crippen molar-refractivity contribution in [1.82, 2.24) is 10.2 Å². The fourth-order valence-corrected chi connectivity index (χ4v) is 1.58. The van der Waals surface area contributed by atoms with Crippen LogP contribution < -0.4 is 10.1 Å². The van der Waals surface area contributed by atoms with Gasteiger partial charge in [-0.25, -0.2) is 0 Å². The molecule has 0 unspecified atom stereocenters. The van der Waals surface area contributed by atoms with Crippen molar-refractivity contribution < 1.29 is 9.47 Å². The lowest BCUT2D eigenvalue weighted by molar-refractivity contribution is 0.119. The summed E-state index contributed by atoms with van der Waals surface area (Å²) in [6.45, 7) is 8.37. The monoisotopic (exact) mass is 278 g/mol. The molecule has 1 aromatic carbocycles. The molecule has 0 spiro atoms. The van der Waals surface area contributed by atoms with E-state index in [0.29, 0.717) is 6.61 Å². The van der Waals surface area contributed by atoms with E-state index in [2.05, 4.69) is 28.9 Å². The number of nitrogens with one attached hydrogen (secondary N) is 1. The molecule has 0 saturated carbocycles. The van der Waals surface area contributed by atoms with Crippen LogP contribution in [0.3, 0.4) is 0 Å². The van der Waals surface area contributed by atoms with Gasteiger partial charge in [0.05, 0.1) is 13.2 Å². The summed E-state index contributed by atoms with van der Waals surface area (Å²) in [5.74, 6) is 0.876. The number of rotatable bonds is 11. The average molecular weight is 278 g/mol. The molecule has 112 valence electrons. The zero-order valence-corrected chi connectivity index (χ0v) is 12.6. The maximum atomic E-state index is 5.51. The van der Waals surface area contributed by atoms with Gasteiger partial charge in [0.25, 0.3) is 0 Å². The van der Waals surface area contributed by atoms with Crippen molar-refractivity contribution in [2.24, 2.45) is 0 Å². The number of benzene rings is 1. The highest BCUT2D eigenvalue weighted by Crippen LogP contribution is 2.11. The Hall–Kier alpha value is -1.36. The Labute approximate surface area is 122 Å². The van der Waals surface area contributed by atoms with Gasteiger partial charge in [-0.15, -0.1) is 0 Å². The van der Waals surface area contributed by atoms with E-state index < -0.39 is 0 Å². The molecule has 1 rings (SSSR count). The highest BCUT2D eigenvalue weighted by Gasteiger charge is 1.95. The van der Waals surface area contributed by atoms with Gasteiger partial charge in [0.2, 0.25) is 0 Å². The first-order valence-corrected chi connectivity index (χ1v) is 6.98. The van der Waals surface area contributed by atoms with Crippen LogP contribution in [0.2, 0.25) is 0 Å². The molecule has 0 fully saturated rings. The Balaban J connectivity index is 2.08. The molecule has 0 atom stereocenters. The van der Waals surface area contributed by atoms with Crippen LogP contribution in [-0.2, 0) is 11.3 Å². The summed E-state index contributed by atoms with van der Waals surface area (Å²) in [6, 6.07) is 8.10. The summed E-state index contributed by atoms with van der Waals surface area (Å²) in [6.07, 6.45) is 1.74. The van der Waals surface area contributed by atoms with Gasteiger partial charge in [0.1, 0.15) is 12.4 Å². The van der Waals surface area contributed by atoms with Crippen molar-refractivity contribution in [2.45, 2.75) is 6.54 Å². The minimum absolute atomic E-state index is 0.544. The first-order chi connectivity index (χ1) is 9.72. The van der Waals surface area contributed by atoms with E-state index in [1.54, 1.807) is 6.08 Å². The normalized spacial score (nSPS) is 10.8. The second-order valence-corrected chi connectivity index (χ2v) is 4.84. The molecule has 0 aliphatic carbocycles. The molecule has 0 aliphatic heterocycles. The molecule has 0 aliphatic rings. The molecule has 4 heteroatoms. The lowest BCUT2D eigenvalue weighted by Crippen LogP contribution is -2.23. The van der Waals surface area contributed by atoms with E-state index in [0.717, 1.165) is 38.6 Å². The van der Waals surface area contributed by atoms with Crippen LogP contribution in [0.5, 0.6) is 5.75 Å². The predicted octanol–water partition coefficient (Wildman–Crippen LogP) is 1.92. The summed E-state index contributed by atoms with van der Waals surface area (Å²) in [5.41, 5.74) is 1.24. The van der Waals surface area contributed by atoms with E-state index in [1.165, 1.54) is 5.56 Å².